The molecular formula is C24H27N5O2. The number of carbonyl (C=O) groups excluding carboxylic acids is 1. The minimum atomic E-state index is -0.325. The number of rotatable bonds is 4. The number of piperazine rings is 1. The first kappa shape index (κ1) is 19.8. The highest BCUT2D eigenvalue weighted by Crippen LogP contribution is 2.31. The number of hydrogen-bond donors (Lipinski definition) is 2. The van der Waals surface area contributed by atoms with Crippen molar-refractivity contribution < 1.29 is 9.90 Å². The highest BCUT2D eigenvalue weighted by Gasteiger charge is 2.28. The fourth-order valence-electron chi connectivity index (χ4n) is 4.37. The number of aliphatic hydroxyl groups excluding tert-OH is 1. The Morgan fingerprint density at radius 1 is 1.06 bits per heavy atom. The maximum absolute atomic E-state index is 13.1. The Hall–Kier alpha value is -3.16. The van der Waals surface area contributed by atoms with Crippen LogP contribution >= 0.6 is 0 Å². The zero-order chi connectivity index (χ0) is 21.4. The zero-order valence-corrected chi connectivity index (χ0v) is 17.7. The number of aryl methyl sites for hydroxylation is 1. The van der Waals surface area contributed by atoms with Crippen LogP contribution in [-0.4, -0.2) is 63.4 Å². The monoisotopic (exact) mass is 417 g/mol. The highest BCUT2D eigenvalue weighted by atomic mass is 16.3. The van der Waals surface area contributed by atoms with Crippen molar-refractivity contribution in [2.75, 3.05) is 38.5 Å². The molecule has 5 rings (SSSR count). The summed E-state index contributed by atoms with van der Waals surface area (Å²) in [6.07, 6.45) is 3.03. The second kappa shape index (κ2) is 8.17. The van der Waals surface area contributed by atoms with Crippen molar-refractivity contribution in [1.82, 2.24) is 19.2 Å². The average Bonchev–Trinajstić information content (AvgIpc) is 3.15. The molecule has 1 aliphatic heterocycles. The second-order valence-corrected chi connectivity index (χ2v) is 8.39. The summed E-state index contributed by atoms with van der Waals surface area (Å²) >= 11 is 0. The number of carbonyl (C=O) groups is 1. The summed E-state index contributed by atoms with van der Waals surface area (Å²) in [5.74, 6) is -0.228. The van der Waals surface area contributed by atoms with Crippen molar-refractivity contribution in [2.24, 2.45) is 0 Å². The summed E-state index contributed by atoms with van der Waals surface area (Å²) in [7, 11) is 2.16. The van der Waals surface area contributed by atoms with Gasteiger partial charge >= 0.3 is 0 Å². The molecule has 7 nitrogen and oxygen atoms in total. The number of nitrogens with zero attached hydrogens (tertiary/aromatic N) is 4. The number of likely N-dealkylation sites (N-methyl/N-ethyl adjacent to an activating group) is 1. The van der Waals surface area contributed by atoms with E-state index in [-0.39, 0.29) is 17.2 Å². The van der Waals surface area contributed by atoms with Crippen LogP contribution in [0.1, 0.15) is 23.4 Å². The van der Waals surface area contributed by atoms with Gasteiger partial charge in [-0.25, -0.2) is 4.98 Å². The van der Waals surface area contributed by atoms with Crippen LogP contribution in [0.25, 0.3) is 11.2 Å². The summed E-state index contributed by atoms with van der Waals surface area (Å²) in [5.41, 5.74) is 4.51. The van der Waals surface area contributed by atoms with Gasteiger partial charge in [0.2, 0.25) is 0 Å². The summed E-state index contributed by atoms with van der Waals surface area (Å²) < 4.78 is 1.99. The first-order chi connectivity index (χ1) is 15.1. The quantitative estimate of drug-likeness (QED) is 0.683. The molecule has 0 bridgehead atoms. The second-order valence-electron chi connectivity index (χ2n) is 8.39. The maximum Gasteiger partial charge on any atom is 0.261 e. The number of amides is 1. The van der Waals surface area contributed by atoms with Crippen LogP contribution in [0.3, 0.4) is 0 Å². The van der Waals surface area contributed by atoms with E-state index in [9.17, 15) is 9.90 Å². The molecule has 0 spiro atoms. The number of hydrogen-bond acceptors (Lipinski definition) is 5. The first-order valence-electron chi connectivity index (χ1n) is 10.8. The van der Waals surface area contributed by atoms with Crippen molar-refractivity contribution in [3.8, 4) is 0 Å². The van der Waals surface area contributed by atoms with Crippen molar-refractivity contribution in [2.45, 2.75) is 19.4 Å². The SMILES string of the molecule is CN1CCN(Cc2ccc(NC(=O)C3=C(O)CCc4c3nc3ccccn43)cc2)CC1. The predicted octanol–water partition coefficient (Wildman–Crippen LogP) is 2.94. The molecule has 1 fully saturated rings. The number of aromatic nitrogens is 2. The third-order valence-electron chi connectivity index (χ3n) is 6.19. The van der Waals surface area contributed by atoms with Crippen molar-refractivity contribution >= 4 is 22.8 Å². The number of pyridine rings is 1. The Morgan fingerprint density at radius 2 is 1.84 bits per heavy atom. The Morgan fingerprint density at radius 3 is 2.61 bits per heavy atom. The van der Waals surface area contributed by atoms with Crippen molar-refractivity contribution in [3.63, 3.8) is 0 Å². The average molecular weight is 418 g/mol. The van der Waals surface area contributed by atoms with Gasteiger partial charge in [0.25, 0.3) is 5.91 Å². The van der Waals surface area contributed by atoms with Crippen LogP contribution in [0.2, 0.25) is 0 Å². The standard InChI is InChI=1S/C24H27N5O2/c1-27-12-14-28(15-13-27)16-17-5-7-18(8-6-17)25-24(31)22-20(30)10-9-19-23(22)26-21-4-2-3-11-29(19)21/h2-8,11,30H,9-10,12-16H2,1H3,(H,25,31). The molecular weight excluding hydrogens is 390 g/mol. The molecule has 0 unspecified atom stereocenters. The normalized spacial score (nSPS) is 17.7. The molecule has 2 aromatic heterocycles. The van der Waals surface area contributed by atoms with Gasteiger partial charge in [-0.1, -0.05) is 18.2 Å². The largest absolute Gasteiger partial charge is 0.511 e. The molecule has 2 aliphatic rings. The molecule has 1 aliphatic carbocycles. The number of nitrogens with one attached hydrogen (secondary N) is 1. The first-order valence-corrected chi connectivity index (χ1v) is 10.8. The predicted molar refractivity (Wildman–Crippen MR) is 121 cm³/mol. The zero-order valence-electron chi connectivity index (χ0n) is 17.7. The molecule has 0 saturated carbocycles. The number of aliphatic hydroxyl groups is 1. The lowest BCUT2D eigenvalue weighted by Crippen LogP contribution is -2.43. The van der Waals surface area contributed by atoms with Gasteiger partial charge in [0.1, 0.15) is 22.7 Å². The van der Waals surface area contributed by atoms with Crippen LogP contribution in [0.5, 0.6) is 0 Å². The van der Waals surface area contributed by atoms with E-state index in [1.54, 1.807) is 0 Å². The van der Waals surface area contributed by atoms with Gasteiger partial charge in [0, 0.05) is 51.0 Å². The van der Waals surface area contributed by atoms with Crippen LogP contribution < -0.4 is 5.32 Å². The molecule has 2 N–H and O–H groups in total. The van der Waals surface area contributed by atoms with Crippen LogP contribution in [0, 0.1) is 0 Å². The Bertz CT molecular complexity index is 1140. The summed E-state index contributed by atoms with van der Waals surface area (Å²) in [5, 5.41) is 13.4. The van der Waals surface area contributed by atoms with E-state index in [1.165, 1.54) is 5.56 Å². The van der Waals surface area contributed by atoms with Gasteiger partial charge in [0.15, 0.2) is 0 Å². The Balaban J connectivity index is 1.31. The van der Waals surface area contributed by atoms with E-state index < -0.39 is 0 Å². The number of imidazole rings is 1. The van der Waals surface area contributed by atoms with Gasteiger partial charge in [-0.2, -0.15) is 0 Å². The maximum atomic E-state index is 13.1. The lowest BCUT2D eigenvalue weighted by molar-refractivity contribution is -0.111. The lowest BCUT2D eigenvalue weighted by Gasteiger charge is -2.32. The van der Waals surface area contributed by atoms with E-state index in [4.69, 9.17) is 0 Å². The smallest absolute Gasteiger partial charge is 0.261 e. The number of fused-ring (bicyclic) bond motifs is 3. The van der Waals surface area contributed by atoms with E-state index >= 15 is 0 Å². The fourth-order valence-corrected chi connectivity index (χ4v) is 4.37. The number of anilines is 1. The highest BCUT2D eigenvalue weighted by molar-refractivity contribution is 6.26. The molecule has 0 atom stereocenters. The van der Waals surface area contributed by atoms with Gasteiger partial charge in [0.05, 0.1) is 5.69 Å². The fraction of sp³-hybridized carbons (Fsp3) is 0.333. The summed E-state index contributed by atoms with van der Waals surface area (Å²) in [6.45, 7) is 5.25. The van der Waals surface area contributed by atoms with Gasteiger partial charge < -0.3 is 19.7 Å². The molecule has 160 valence electrons. The molecule has 1 aromatic carbocycles. The van der Waals surface area contributed by atoms with Crippen molar-refractivity contribution in [3.05, 3.63) is 71.4 Å². The van der Waals surface area contributed by atoms with E-state index in [0.717, 1.165) is 44.1 Å². The van der Waals surface area contributed by atoms with Crippen LogP contribution in [-0.2, 0) is 17.8 Å². The Labute approximate surface area is 181 Å². The number of benzene rings is 1. The number of allylic oxidation sites excluding steroid dienone is 1. The molecule has 31 heavy (non-hydrogen) atoms. The van der Waals surface area contributed by atoms with Crippen LogP contribution in [0.15, 0.2) is 54.4 Å². The van der Waals surface area contributed by atoms with E-state index in [2.05, 4.69) is 39.3 Å². The summed E-state index contributed by atoms with van der Waals surface area (Å²) in [6, 6.07) is 13.7. The third kappa shape index (κ3) is 3.94. The molecule has 3 heterocycles. The van der Waals surface area contributed by atoms with Gasteiger partial charge in [-0.3, -0.25) is 9.69 Å². The molecule has 7 heteroatoms. The van der Waals surface area contributed by atoms with E-state index in [0.29, 0.717) is 24.2 Å². The summed E-state index contributed by atoms with van der Waals surface area (Å²) in [4.78, 5) is 22.5. The topological polar surface area (TPSA) is 73.1 Å². The third-order valence-corrected chi connectivity index (χ3v) is 6.19. The molecule has 0 radical (unpaired) electrons. The van der Waals surface area contributed by atoms with Gasteiger partial charge in [-0.15, -0.1) is 0 Å². The lowest BCUT2D eigenvalue weighted by atomic mass is 9.97. The minimum absolute atomic E-state index is 0.0973. The minimum Gasteiger partial charge on any atom is -0.511 e. The van der Waals surface area contributed by atoms with Crippen LogP contribution in [0.4, 0.5) is 5.69 Å². The molecule has 1 amide bonds. The van der Waals surface area contributed by atoms with Crippen molar-refractivity contribution in [1.29, 1.82) is 0 Å². The molecule has 1 saturated heterocycles. The van der Waals surface area contributed by atoms with E-state index in [1.807, 2.05) is 40.9 Å². The van der Waals surface area contributed by atoms with Gasteiger partial charge in [-0.05, 0) is 43.3 Å². The molecule has 3 aromatic rings. The Kier molecular flexibility index (Phi) is 5.21.